The van der Waals surface area contributed by atoms with Crippen molar-refractivity contribution in [3.8, 4) is 5.75 Å². The first-order chi connectivity index (χ1) is 13.0. The van der Waals surface area contributed by atoms with Gasteiger partial charge in [-0.25, -0.2) is 4.39 Å². The first-order valence-corrected chi connectivity index (χ1v) is 10.3. The van der Waals surface area contributed by atoms with Crippen LogP contribution in [0.1, 0.15) is 70.3 Å². The topological polar surface area (TPSA) is 35.5 Å². The van der Waals surface area contributed by atoms with Crippen LogP contribution < -0.4 is 4.74 Å². The van der Waals surface area contributed by atoms with E-state index in [-0.39, 0.29) is 36.4 Å². The van der Waals surface area contributed by atoms with E-state index < -0.39 is 17.6 Å². The molecule has 0 amide bonds. The Balaban J connectivity index is 1.63. The molecule has 1 saturated carbocycles. The normalized spacial score (nSPS) is 29.0. The van der Waals surface area contributed by atoms with Crippen LogP contribution in [0, 0.1) is 23.5 Å². The number of Topliss-reactive ketones (excluding diaryl/α,β-unsaturated/α-hetero) is 1. The Bertz CT molecular complexity index is 653. The first-order valence-electron chi connectivity index (χ1n) is 10.3. The lowest BCUT2D eigenvalue weighted by Gasteiger charge is -2.37. The molecule has 1 heterocycles. The van der Waals surface area contributed by atoms with Gasteiger partial charge in [0.05, 0.1) is 25.2 Å². The van der Waals surface area contributed by atoms with E-state index in [9.17, 15) is 13.6 Å². The van der Waals surface area contributed by atoms with E-state index in [1.54, 1.807) is 6.92 Å². The fraction of sp³-hybridized carbons (Fsp3) is 0.682. The summed E-state index contributed by atoms with van der Waals surface area (Å²) in [4.78, 5) is 12.7. The van der Waals surface area contributed by atoms with Gasteiger partial charge in [-0.3, -0.25) is 4.79 Å². The minimum Gasteiger partial charge on any atom is -0.491 e. The molecule has 1 aliphatic heterocycles. The highest BCUT2D eigenvalue weighted by molar-refractivity contribution is 5.87. The van der Waals surface area contributed by atoms with Crippen molar-refractivity contribution < 1.29 is 23.0 Å². The minimum atomic E-state index is -1.03. The molecule has 1 aromatic carbocycles. The highest BCUT2D eigenvalue weighted by atomic mass is 19.2. The Kier molecular flexibility index (Phi) is 6.85. The minimum absolute atomic E-state index is 0.0515. The fourth-order valence-electron chi connectivity index (χ4n) is 4.62. The van der Waals surface area contributed by atoms with Gasteiger partial charge >= 0.3 is 0 Å². The largest absolute Gasteiger partial charge is 0.491 e. The van der Waals surface area contributed by atoms with Crippen molar-refractivity contribution in [2.45, 2.75) is 70.8 Å². The SMILES string of the molecule is CCCC1CCC([C@@H]2CC(=O)[C@@H](c3ccc(OCC)c(F)c3F)CO2)CC1. The highest BCUT2D eigenvalue weighted by Crippen LogP contribution is 2.39. The van der Waals surface area contributed by atoms with Crippen molar-refractivity contribution in [3.05, 3.63) is 29.3 Å². The van der Waals surface area contributed by atoms with Crippen LogP contribution in [0.4, 0.5) is 8.78 Å². The van der Waals surface area contributed by atoms with Crippen molar-refractivity contribution >= 4 is 5.78 Å². The summed E-state index contributed by atoms with van der Waals surface area (Å²) in [5, 5.41) is 0. The zero-order valence-electron chi connectivity index (χ0n) is 16.3. The monoisotopic (exact) mass is 380 g/mol. The van der Waals surface area contributed by atoms with Crippen LogP contribution in [0.15, 0.2) is 12.1 Å². The van der Waals surface area contributed by atoms with E-state index in [2.05, 4.69) is 6.92 Å². The number of hydrogen-bond donors (Lipinski definition) is 0. The summed E-state index contributed by atoms with van der Waals surface area (Å²) in [7, 11) is 0. The Hall–Kier alpha value is -1.49. The second-order valence-electron chi connectivity index (χ2n) is 7.88. The number of halogens is 2. The summed E-state index contributed by atoms with van der Waals surface area (Å²) >= 11 is 0. The Morgan fingerprint density at radius 2 is 1.85 bits per heavy atom. The summed E-state index contributed by atoms with van der Waals surface area (Å²) in [5.41, 5.74) is 0.0751. The van der Waals surface area contributed by atoms with Crippen molar-refractivity contribution in [1.29, 1.82) is 0 Å². The quantitative estimate of drug-likeness (QED) is 0.662. The molecule has 150 valence electrons. The third-order valence-corrected chi connectivity index (χ3v) is 6.13. The maximum absolute atomic E-state index is 14.4. The van der Waals surface area contributed by atoms with Crippen LogP contribution in [-0.2, 0) is 9.53 Å². The molecule has 1 saturated heterocycles. The third kappa shape index (κ3) is 4.50. The molecule has 0 N–H and O–H groups in total. The molecule has 1 aromatic rings. The first kappa shape index (κ1) is 20.2. The average Bonchev–Trinajstić information content (AvgIpc) is 2.67. The predicted molar refractivity (Wildman–Crippen MR) is 100.0 cm³/mol. The summed E-state index contributed by atoms with van der Waals surface area (Å²) in [6.07, 6.45) is 7.32. The molecule has 1 aliphatic carbocycles. The molecule has 0 aromatic heterocycles. The van der Waals surface area contributed by atoms with Gasteiger partial charge in [0, 0.05) is 12.0 Å². The Morgan fingerprint density at radius 1 is 1.11 bits per heavy atom. The molecule has 3 rings (SSSR count). The number of carbonyl (C=O) groups excluding carboxylic acids is 1. The highest BCUT2D eigenvalue weighted by Gasteiger charge is 2.37. The molecule has 0 bridgehead atoms. The number of rotatable bonds is 6. The van der Waals surface area contributed by atoms with Gasteiger partial charge in [0.2, 0.25) is 5.82 Å². The average molecular weight is 380 g/mol. The van der Waals surface area contributed by atoms with Gasteiger partial charge in [-0.2, -0.15) is 4.39 Å². The van der Waals surface area contributed by atoms with Crippen molar-refractivity contribution in [2.75, 3.05) is 13.2 Å². The van der Waals surface area contributed by atoms with Crippen LogP contribution >= 0.6 is 0 Å². The lowest BCUT2D eigenvalue weighted by atomic mass is 9.75. The third-order valence-electron chi connectivity index (χ3n) is 6.13. The van der Waals surface area contributed by atoms with E-state index in [4.69, 9.17) is 9.47 Å². The van der Waals surface area contributed by atoms with E-state index in [1.807, 2.05) is 0 Å². The molecule has 0 radical (unpaired) electrons. The van der Waals surface area contributed by atoms with Gasteiger partial charge in [0.1, 0.15) is 5.78 Å². The van der Waals surface area contributed by atoms with E-state index in [0.717, 1.165) is 18.8 Å². The standard InChI is InChI=1S/C22H30F2O3/c1-3-5-14-6-8-15(9-7-14)20-12-18(25)17(13-27-20)16-10-11-19(26-4-2)22(24)21(16)23/h10-11,14-15,17,20H,3-9,12-13H2,1-2H3/t14?,15?,17-,20+/m1/s1. The Morgan fingerprint density at radius 3 is 2.48 bits per heavy atom. The van der Waals surface area contributed by atoms with Gasteiger partial charge in [0.25, 0.3) is 0 Å². The van der Waals surface area contributed by atoms with E-state index in [0.29, 0.717) is 12.3 Å². The second-order valence-corrected chi connectivity index (χ2v) is 7.88. The molecule has 2 aliphatic rings. The summed E-state index contributed by atoms with van der Waals surface area (Å²) in [5.74, 6) is -1.72. The van der Waals surface area contributed by atoms with Crippen LogP contribution in [0.25, 0.3) is 0 Å². The van der Waals surface area contributed by atoms with Gasteiger partial charge in [-0.15, -0.1) is 0 Å². The molecular formula is C22H30F2O3. The van der Waals surface area contributed by atoms with Crippen molar-refractivity contribution in [2.24, 2.45) is 11.8 Å². The lowest BCUT2D eigenvalue weighted by Crippen LogP contribution is -2.38. The van der Waals surface area contributed by atoms with Crippen LogP contribution in [0.3, 0.4) is 0 Å². The van der Waals surface area contributed by atoms with Crippen LogP contribution in [-0.4, -0.2) is 25.1 Å². The number of ether oxygens (including phenoxy) is 2. The molecule has 3 nitrogen and oxygen atoms in total. The summed E-state index contributed by atoms with van der Waals surface area (Å²) in [6.45, 7) is 4.31. The molecular weight excluding hydrogens is 350 g/mol. The number of carbonyl (C=O) groups is 1. The predicted octanol–water partition coefficient (Wildman–Crippen LogP) is 5.41. The smallest absolute Gasteiger partial charge is 0.200 e. The van der Waals surface area contributed by atoms with Crippen LogP contribution in [0.2, 0.25) is 0 Å². The number of ketones is 1. The van der Waals surface area contributed by atoms with E-state index >= 15 is 0 Å². The zero-order chi connectivity index (χ0) is 19.4. The number of benzene rings is 1. The fourth-order valence-corrected chi connectivity index (χ4v) is 4.62. The molecule has 5 heteroatoms. The number of hydrogen-bond acceptors (Lipinski definition) is 3. The van der Waals surface area contributed by atoms with E-state index in [1.165, 1.54) is 37.8 Å². The van der Waals surface area contributed by atoms with Crippen LogP contribution in [0.5, 0.6) is 5.75 Å². The van der Waals surface area contributed by atoms with Gasteiger partial charge in [0.15, 0.2) is 11.6 Å². The molecule has 2 fully saturated rings. The molecule has 2 atom stereocenters. The van der Waals surface area contributed by atoms with Gasteiger partial charge < -0.3 is 9.47 Å². The molecule has 27 heavy (non-hydrogen) atoms. The molecule has 0 spiro atoms. The maximum Gasteiger partial charge on any atom is 0.200 e. The summed E-state index contributed by atoms with van der Waals surface area (Å²) < 4.78 is 39.7. The van der Waals surface area contributed by atoms with Crippen molar-refractivity contribution in [3.63, 3.8) is 0 Å². The second kappa shape index (κ2) is 9.13. The maximum atomic E-state index is 14.4. The van der Waals surface area contributed by atoms with Gasteiger partial charge in [-0.1, -0.05) is 38.7 Å². The zero-order valence-corrected chi connectivity index (χ0v) is 16.3. The Labute approximate surface area is 160 Å². The van der Waals surface area contributed by atoms with Gasteiger partial charge in [-0.05, 0) is 37.7 Å². The molecule has 0 unspecified atom stereocenters. The lowest BCUT2D eigenvalue weighted by molar-refractivity contribution is -0.135. The van der Waals surface area contributed by atoms with Crippen molar-refractivity contribution in [1.82, 2.24) is 0 Å². The summed E-state index contributed by atoms with van der Waals surface area (Å²) in [6, 6.07) is 2.84.